The molecule has 100 valence electrons. The van der Waals surface area contributed by atoms with Gasteiger partial charge in [-0.05, 0) is 32.3 Å². The van der Waals surface area contributed by atoms with E-state index in [1.54, 1.807) is 0 Å². The van der Waals surface area contributed by atoms with Gasteiger partial charge in [-0.3, -0.25) is 0 Å². The molecule has 0 saturated carbocycles. The van der Waals surface area contributed by atoms with E-state index in [1.165, 1.54) is 0 Å². The molecule has 0 aliphatic rings. The minimum Gasteiger partial charge on any atom is -0.389 e. The van der Waals surface area contributed by atoms with E-state index in [-0.39, 0.29) is 0 Å². The van der Waals surface area contributed by atoms with Crippen LogP contribution in [0.5, 0.6) is 0 Å². The standard InChI is InChI=1S/C13H22N4S/c1-5-9-10(6-2)15-16-13(11(9)12(14)18)17(7-3)8-4/h5-8H2,1-4H3,(H2,14,18). The fraction of sp³-hybridized carbons (Fsp3) is 0.615. The van der Waals surface area contributed by atoms with Crippen LogP contribution in [0.2, 0.25) is 0 Å². The van der Waals surface area contributed by atoms with Gasteiger partial charge in [0.25, 0.3) is 0 Å². The summed E-state index contributed by atoms with van der Waals surface area (Å²) >= 11 is 5.21. The second-order valence-electron chi connectivity index (χ2n) is 4.07. The topological polar surface area (TPSA) is 55.0 Å². The fourth-order valence-corrected chi connectivity index (χ4v) is 2.38. The molecule has 2 N–H and O–H groups in total. The molecular formula is C13H22N4S. The minimum absolute atomic E-state index is 0.415. The summed E-state index contributed by atoms with van der Waals surface area (Å²) in [6.07, 6.45) is 1.73. The molecule has 1 aromatic rings. The highest BCUT2D eigenvalue weighted by atomic mass is 32.1. The summed E-state index contributed by atoms with van der Waals surface area (Å²) in [7, 11) is 0. The van der Waals surface area contributed by atoms with Gasteiger partial charge in [-0.2, -0.15) is 5.10 Å². The molecule has 1 rings (SSSR count). The van der Waals surface area contributed by atoms with Crippen LogP contribution >= 0.6 is 12.2 Å². The van der Waals surface area contributed by atoms with Gasteiger partial charge in [-0.1, -0.05) is 26.1 Å². The van der Waals surface area contributed by atoms with Gasteiger partial charge >= 0.3 is 0 Å². The van der Waals surface area contributed by atoms with Crippen LogP contribution in [0.4, 0.5) is 5.82 Å². The van der Waals surface area contributed by atoms with E-state index in [1.807, 2.05) is 0 Å². The first-order valence-corrected chi connectivity index (χ1v) is 6.94. The number of aryl methyl sites for hydroxylation is 1. The lowest BCUT2D eigenvalue weighted by molar-refractivity contribution is 0.796. The van der Waals surface area contributed by atoms with Crippen LogP contribution in [0.3, 0.4) is 0 Å². The number of nitrogens with two attached hydrogens (primary N) is 1. The maximum atomic E-state index is 5.90. The van der Waals surface area contributed by atoms with Crippen molar-refractivity contribution in [3.8, 4) is 0 Å². The van der Waals surface area contributed by atoms with Gasteiger partial charge in [0.05, 0.1) is 11.3 Å². The van der Waals surface area contributed by atoms with Crippen molar-refractivity contribution in [2.45, 2.75) is 40.5 Å². The Morgan fingerprint density at radius 1 is 1.11 bits per heavy atom. The summed E-state index contributed by atoms with van der Waals surface area (Å²) in [6, 6.07) is 0. The first-order chi connectivity index (χ1) is 8.60. The fourth-order valence-electron chi connectivity index (χ4n) is 2.17. The Hall–Kier alpha value is -1.23. The van der Waals surface area contributed by atoms with E-state index < -0.39 is 0 Å². The van der Waals surface area contributed by atoms with Crippen molar-refractivity contribution in [3.63, 3.8) is 0 Å². The Morgan fingerprint density at radius 3 is 2.11 bits per heavy atom. The number of rotatable bonds is 6. The quantitative estimate of drug-likeness (QED) is 0.799. The van der Waals surface area contributed by atoms with E-state index in [9.17, 15) is 0 Å². The van der Waals surface area contributed by atoms with E-state index in [2.05, 4.69) is 42.8 Å². The molecule has 0 atom stereocenters. The normalized spacial score (nSPS) is 10.4. The Bertz CT molecular complexity index is 427. The van der Waals surface area contributed by atoms with Crippen molar-refractivity contribution in [3.05, 3.63) is 16.8 Å². The van der Waals surface area contributed by atoms with Crippen molar-refractivity contribution in [1.29, 1.82) is 0 Å². The van der Waals surface area contributed by atoms with E-state index in [0.717, 1.165) is 48.6 Å². The molecule has 0 unspecified atom stereocenters. The molecular weight excluding hydrogens is 244 g/mol. The molecule has 18 heavy (non-hydrogen) atoms. The number of aromatic nitrogens is 2. The number of thiocarbonyl (C=S) groups is 1. The van der Waals surface area contributed by atoms with Gasteiger partial charge in [0.15, 0.2) is 5.82 Å². The highest BCUT2D eigenvalue weighted by molar-refractivity contribution is 7.80. The van der Waals surface area contributed by atoms with Crippen molar-refractivity contribution in [2.24, 2.45) is 5.73 Å². The number of hydrogen-bond acceptors (Lipinski definition) is 4. The van der Waals surface area contributed by atoms with Crippen LogP contribution < -0.4 is 10.6 Å². The number of hydrogen-bond donors (Lipinski definition) is 1. The second-order valence-corrected chi connectivity index (χ2v) is 4.51. The molecule has 0 aliphatic heterocycles. The zero-order valence-electron chi connectivity index (χ0n) is 11.7. The van der Waals surface area contributed by atoms with Gasteiger partial charge < -0.3 is 10.6 Å². The Balaban J connectivity index is 3.48. The van der Waals surface area contributed by atoms with Crippen LogP contribution in [0.25, 0.3) is 0 Å². The molecule has 0 bridgehead atoms. The molecule has 5 heteroatoms. The zero-order chi connectivity index (χ0) is 13.7. The third-order valence-electron chi connectivity index (χ3n) is 3.14. The lowest BCUT2D eigenvalue weighted by Gasteiger charge is -2.24. The Kier molecular flexibility index (Phi) is 5.47. The summed E-state index contributed by atoms with van der Waals surface area (Å²) in [5.41, 5.74) is 8.94. The van der Waals surface area contributed by atoms with Gasteiger partial charge in [0.2, 0.25) is 0 Å². The Morgan fingerprint density at radius 2 is 1.72 bits per heavy atom. The molecule has 0 amide bonds. The smallest absolute Gasteiger partial charge is 0.161 e. The maximum Gasteiger partial charge on any atom is 0.161 e. The lowest BCUT2D eigenvalue weighted by Crippen LogP contribution is -2.29. The molecule has 0 saturated heterocycles. The molecule has 0 aromatic carbocycles. The van der Waals surface area contributed by atoms with Crippen molar-refractivity contribution >= 4 is 23.0 Å². The maximum absolute atomic E-state index is 5.90. The molecule has 1 heterocycles. The van der Waals surface area contributed by atoms with Crippen molar-refractivity contribution in [2.75, 3.05) is 18.0 Å². The van der Waals surface area contributed by atoms with Crippen LogP contribution in [0.1, 0.15) is 44.5 Å². The largest absolute Gasteiger partial charge is 0.389 e. The van der Waals surface area contributed by atoms with E-state index in [4.69, 9.17) is 18.0 Å². The monoisotopic (exact) mass is 266 g/mol. The van der Waals surface area contributed by atoms with E-state index in [0.29, 0.717) is 4.99 Å². The molecule has 0 radical (unpaired) electrons. The van der Waals surface area contributed by atoms with Gasteiger partial charge in [0, 0.05) is 13.1 Å². The summed E-state index contributed by atoms with van der Waals surface area (Å²) in [4.78, 5) is 2.55. The first kappa shape index (κ1) is 14.8. The van der Waals surface area contributed by atoms with Crippen molar-refractivity contribution in [1.82, 2.24) is 10.2 Å². The van der Waals surface area contributed by atoms with Crippen molar-refractivity contribution < 1.29 is 0 Å². The lowest BCUT2D eigenvalue weighted by atomic mass is 10.0. The summed E-state index contributed by atoms with van der Waals surface area (Å²) < 4.78 is 0. The number of anilines is 1. The first-order valence-electron chi connectivity index (χ1n) is 6.53. The molecule has 1 aromatic heterocycles. The number of nitrogens with zero attached hydrogens (tertiary/aromatic N) is 3. The average molecular weight is 266 g/mol. The summed E-state index contributed by atoms with van der Waals surface area (Å²) in [6.45, 7) is 10.1. The average Bonchev–Trinajstić information content (AvgIpc) is 2.38. The SMILES string of the molecule is CCc1nnc(N(CC)CC)c(C(N)=S)c1CC. The van der Waals surface area contributed by atoms with Crippen LogP contribution in [0.15, 0.2) is 0 Å². The predicted molar refractivity (Wildman–Crippen MR) is 80.2 cm³/mol. The van der Waals surface area contributed by atoms with Gasteiger partial charge in [0.1, 0.15) is 4.99 Å². The van der Waals surface area contributed by atoms with Crippen LogP contribution in [0, 0.1) is 0 Å². The van der Waals surface area contributed by atoms with E-state index >= 15 is 0 Å². The summed E-state index contributed by atoms with van der Waals surface area (Å²) in [5.74, 6) is 0.821. The summed E-state index contributed by atoms with van der Waals surface area (Å²) in [5, 5.41) is 8.65. The molecule has 0 spiro atoms. The van der Waals surface area contributed by atoms with Gasteiger partial charge in [-0.25, -0.2) is 0 Å². The molecule has 0 fully saturated rings. The highest BCUT2D eigenvalue weighted by Gasteiger charge is 2.19. The predicted octanol–water partition coefficient (Wildman–Crippen LogP) is 2.08. The third kappa shape index (κ3) is 2.77. The Labute approximate surface area is 115 Å². The van der Waals surface area contributed by atoms with Gasteiger partial charge in [-0.15, -0.1) is 5.10 Å². The highest BCUT2D eigenvalue weighted by Crippen LogP contribution is 2.23. The third-order valence-corrected chi connectivity index (χ3v) is 3.34. The second kappa shape index (κ2) is 6.64. The van der Waals surface area contributed by atoms with Crippen LogP contribution in [-0.4, -0.2) is 28.3 Å². The molecule has 4 nitrogen and oxygen atoms in total. The minimum atomic E-state index is 0.415. The van der Waals surface area contributed by atoms with Crippen LogP contribution in [-0.2, 0) is 12.8 Å². The zero-order valence-corrected chi connectivity index (χ0v) is 12.5. The molecule has 0 aliphatic carbocycles.